The molecule has 0 bridgehead atoms. The summed E-state index contributed by atoms with van der Waals surface area (Å²) in [6, 6.07) is 4.84. The molecule has 0 saturated heterocycles. The average Bonchev–Trinajstić information content (AvgIpc) is 2.30. The molecule has 1 N–H and O–H groups in total. The number of hydrogen-bond donors (Lipinski definition) is 1. The minimum atomic E-state index is -0.240. The van der Waals surface area contributed by atoms with Crippen LogP contribution in [0.1, 0.15) is 17.0 Å². The fourth-order valence-corrected chi connectivity index (χ4v) is 2.07. The highest BCUT2D eigenvalue weighted by Crippen LogP contribution is 2.14. The van der Waals surface area contributed by atoms with Crippen LogP contribution in [0, 0.1) is 12.7 Å². The summed E-state index contributed by atoms with van der Waals surface area (Å²) in [6.07, 6.45) is 3.47. The Bertz CT molecular complexity index is 508. The van der Waals surface area contributed by atoms with Crippen LogP contribution in [0.25, 0.3) is 0 Å². The van der Waals surface area contributed by atoms with E-state index in [1.807, 2.05) is 13.0 Å². The molecule has 0 amide bonds. The van der Waals surface area contributed by atoms with E-state index in [1.165, 1.54) is 12.1 Å². The van der Waals surface area contributed by atoms with Gasteiger partial charge in [-0.15, -0.1) is 0 Å². The third kappa shape index (κ3) is 3.85. The predicted octanol–water partition coefficient (Wildman–Crippen LogP) is 2.98. The van der Waals surface area contributed by atoms with E-state index in [0.717, 1.165) is 21.4 Å². The number of benzene rings is 1. The van der Waals surface area contributed by atoms with Gasteiger partial charge in [0, 0.05) is 30.0 Å². The molecule has 2 rings (SSSR count). The molecule has 3 nitrogen and oxygen atoms in total. The third-order valence-corrected chi connectivity index (χ3v) is 2.85. The van der Waals surface area contributed by atoms with Crippen molar-refractivity contribution in [2.45, 2.75) is 20.0 Å². The van der Waals surface area contributed by atoms with Gasteiger partial charge < -0.3 is 5.32 Å². The Kier molecular flexibility index (Phi) is 4.38. The first-order valence-electron chi connectivity index (χ1n) is 5.57. The molecule has 0 aliphatic carbocycles. The molecule has 1 aromatic heterocycles. The van der Waals surface area contributed by atoms with Crippen molar-refractivity contribution in [2.24, 2.45) is 0 Å². The zero-order chi connectivity index (χ0) is 13.0. The number of hydrogen-bond acceptors (Lipinski definition) is 3. The molecule has 94 valence electrons. The molecule has 2 aromatic rings. The van der Waals surface area contributed by atoms with Crippen LogP contribution in [0.15, 0.2) is 35.1 Å². The third-order valence-electron chi connectivity index (χ3n) is 2.39. The van der Waals surface area contributed by atoms with Gasteiger partial charge in [-0.3, -0.25) is 9.97 Å². The summed E-state index contributed by atoms with van der Waals surface area (Å²) in [6.45, 7) is 3.10. The molecule has 18 heavy (non-hydrogen) atoms. The molecular formula is C13H13BrFN3. The van der Waals surface area contributed by atoms with Crippen molar-refractivity contribution in [3.8, 4) is 0 Å². The fraction of sp³-hybridized carbons (Fsp3) is 0.231. The number of nitrogens with zero attached hydrogens (tertiary/aromatic N) is 2. The van der Waals surface area contributed by atoms with Gasteiger partial charge in [0.25, 0.3) is 0 Å². The second-order valence-electron chi connectivity index (χ2n) is 4.03. The summed E-state index contributed by atoms with van der Waals surface area (Å²) in [5, 5.41) is 3.20. The van der Waals surface area contributed by atoms with E-state index in [-0.39, 0.29) is 5.82 Å². The van der Waals surface area contributed by atoms with Crippen LogP contribution in [0.5, 0.6) is 0 Å². The van der Waals surface area contributed by atoms with Gasteiger partial charge in [0.2, 0.25) is 0 Å². The minimum Gasteiger partial charge on any atom is -0.307 e. The van der Waals surface area contributed by atoms with E-state index in [2.05, 4.69) is 31.2 Å². The highest BCUT2D eigenvalue weighted by Gasteiger charge is 2.00. The Labute approximate surface area is 114 Å². The first kappa shape index (κ1) is 13.1. The van der Waals surface area contributed by atoms with Crippen LogP contribution in [0.3, 0.4) is 0 Å². The van der Waals surface area contributed by atoms with Crippen molar-refractivity contribution >= 4 is 15.9 Å². The van der Waals surface area contributed by atoms with Crippen molar-refractivity contribution in [1.82, 2.24) is 15.3 Å². The first-order chi connectivity index (χ1) is 8.63. The maximum Gasteiger partial charge on any atom is 0.124 e. The number of nitrogens with one attached hydrogen (secondary N) is 1. The molecule has 0 aliphatic heterocycles. The Morgan fingerprint density at radius 2 is 2.00 bits per heavy atom. The highest BCUT2D eigenvalue weighted by molar-refractivity contribution is 9.10. The van der Waals surface area contributed by atoms with Gasteiger partial charge in [-0.2, -0.15) is 0 Å². The Morgan fingerprint density at radius 1 is 1.17 bits per heavy atom. The van der Waals surface area contributed by atoms with Gasteiger partial charge in [-0.25, -0.2) is 4.39 Å². The average molecular weight is 310 g/mol. The van der Waals surface area contributed by atoms with Crippen LogP contribution < -0.4 is 5.32 Å². The summed E-state index contributed by atoms with van der Waals surface area (Å²) >= 11 is 3.27. The summed E-state index contributed by atoms with van der Waals surface area (Å²) in [7, 11) is 0. The summed E-state index contributed by atoms with van der Waals surface area (Å²) < 4.78 is 13.9. The van der Waals surface area contributed by atoms with Gasteiger partial charge in [0.15, 0.2) is 0 Å². The summed E-state index contributed by atoms with van der Waals surface area (Å²) in [5.74, 6) is -0.240. The lowest BCUT2D eigenvalue weighted by Crippen LogP contribution is -2.14. The van der Waals surface area contributed by atoms with Crippen molar-refractivity contribution in [2.75, 3.05) is 0 Å². The van der Waals surface area contributed by atoms with Gasteiger partial charge in [0.05, 0.1) is 11.4 Å². The quantitative estimate of drug-likeness (QED) is 0.943. The monoisotopic (exact) mass is 309 g/mol. The topological polar surface area (TPSA) is 37.8 Å². The van der Waals surface area contributed by atoms with E-state index < -0.39 is 0 Å². The summed E-state index contributed by atoms with van der Waals surface area (Å²) in [5.41, 5.74) is 2.66. The van der Waals surface area contributed by atoms with Crippen molar-refractivity contribution in [1.29, 1.82) is 0 Å². The second-order valence-corrected chi connectivity index (χ2v) is 4.95. The van der Waals surface area contributed by atoms with Crippen LogP contribution in [0.4, 0.5) is 4.39 Å². The Balaban J connectivity index is 1.90. The van der Waals surface area contributed by atoms with Gasteiger partial charge in [-0.1, -0.05) is 15.9 Å². The van der Waals surface area contributed by atoms with Crippen molar-refractivity contribution in [3.05, 3.63) is 57.8 Å². The standard InChI is InChI=1S/C13H13BrFN3/c1-9-5-18-13(8-17-9)7-16-6-10-2-11(14)4-12(15)3-10/h2-5,8,16H,6-7H2,1H3. The maximum absolute atomic E-state index is 13.1. The zero-order valence-corrected chi connectivity index (χ0v) is 11.5. The van der Waals surface area contributed by atoms with Crippen LogP contribution in [-0.4, -0.2) is 9.97 Å². The number of halogens is 2. The van der Waals surface area contributed by atoms with Crippen LogP contribution in [0.2, 0.25) is 0 Å². The van der Waals surface area contributed by atoms with Crippen LogP contribution in [-0.2, 0) is 13.1 Å². The molecule has 0 fully saturated rings. The van der Waals surface area contributed by atoms with Crippen LogP contribution >= 0.6 is 15.9 Å². The highest BCUT2D eigenvalue weighted by atomic mass is 79.9. The van der Waals surface area contributed by atoms with E-state index in [4.69, 9.17) is 0 Å². The van der Waals surface area contributed by atoms with Crippen molar-refractivity contribution < 1.29 is 4.39 Å². The van der Waals surface area contributed by atoms with Gasteiger partial charge in [-0.05, 0) is 30.7 Å². The molecule has 0 aliphatic rings. The lowest BCUT2D eigenvalue weighted by molar-refractivity contribution is 0.618. The van der Waals surface area contributed by atoms with E-state index in [1.54, 1.807) is 12.4 Å². The smallest absolute Gasteiger partial charge is 0.124 e. The number of aryl methyl sites for hydroxylation is 1. The van der Waals surface area contributed by atoms with Gasteiger partial charge >= 0.3 is 0 Å². The fourth-order valence-electron chi connectivity index (χ4n) is 1.56. The molecule has 1 aromatic carbocycles. The van der Waals surface area contributed by atoms with E-state index in [0.29, 0.717) is 13.1 Å². The SMILES string of the molecule is Cc1cnc(CNCc2cc(F)cc(Br)c2)cn1. The van der Waals surface area contributed by atoms with Gasteiger partial charge in [0.1, 0.15) is 5.82 Å². The molecule has 0 atom stereocenters. The largest absolute Gasteiger partial charge is 0.307 e. The number of rotatable bonds is 4. The van der Waals surface area contributed by atoms with E-state index >= 15 is 0 Å². The zero-order valence-electron chi connectivity index (χ0n) is 9.95. The minimum absolute atomic E-state index is 0.240. The molecule has 0 unspecified atom stereocenters. The normalized spacial score (nSPS) is 10.6. The molecule has 0 radical (unpaired) electrons. The maximum atomic E-state index is 13.1. The lowest BCUT2D eigenvalue weighted by atomic mass is 10.2. The molecule has 5 heteroatoms. The molecule has 1 heterocycles. The van der Waals surface area contributed by atoms with Crippen molar-refractivity contribution in [3.63, 3.8) is 0 Å². The molecule has 0 spiro atoms. The second kappa shape index (κ2) is 6.02. The van der Waals surface area contributed by atoms with E-state index in [9.17, 15) is 4.39 Å². The Morgan fingerprint density at radius 3 is 2.67 bits per heavy atom. The molecular weight excluding hydrogens is 297 g/mol. The lowest BCUT2D eigenvalue weighted by Gasteiger charge is -2.05. The first-order valence-corrected chi connectivity index (χ1v) is 6.36. The Hall–Kier alpha value is -1.33. The number of aromatic nitrogens is 2. The summed E-state index contributed by atoms with van der Waals surface area (Å²) in [4.78, 5) is 8.40. The predicted molar refractivity (Wildman–Crippen MR) is 71.4 cm³/mol. The molecule has 0 saturated carbocycles.